The fraction of sp³-hybridized carbons (Fsp3) is 0.438. The number of hydrogen-bond acceptors (Lipinski definition) is 5. The number of aryl methyl sites for hydroxylation is 1. The van der Waals surface area contributed by atoms with E-state index in [2.05, 4.69) is 37.8 Å². The first-order chi connectivity index (χ1) is 10.6. The summed E-state index contributed by atoms with van der Waals surface area (Å²) < 4.78 is 11.8. The predicted molar refractivity (Wildman–Crippen MR) is 86.1 cm³/mol. The Balaban J connectivity index is 1.63. The van der Waals surface area contributed by atoms with Crippen molar-refractivity contribution in [1.29, 1.82) is 0 Å². The Labute approximate surface area is 138 Å². The molecule has 2 heterocycles. The molecule has 22 heavy (non-hydrogen) atoms. The smallest absolute Gasteiger partial charge is 0.231 e. The maximum atomic E-state index is 5.86. The Kier molecular flexibility index (Phi) is 4.29. The number of methoxy groups -OCH3 is 1. The Hall–Kier alpha value is -1.69. The van der Waals surface area contributed by atoms with Crippen molar-refractivity contribution in [3.05, 3.63) is 40.5 Å². The van der Waals surface area contributed by atoms with Crippen LogP contribution in [0.5, 0.6) is 11.6 Å². The van der Waals surface area contributed by atoms with E-state index in [4.69, 9.17) is 9.47 Å². The number of hydrogen-bond donors (Lipinski definition) is 0. The summed E-state index contributed by atoms with van der Waals surface area (Å²) in [6.45, 7) is 4.71. The summed E-state index contributed by atoms with van der Waals surface area (Å²) in [5.41, 5.74) is 1.10. The van der Waals surface area contributed by atoms with Gasteiger partial charge in [0.15, 0.2) is 0 Å². The van der Waals surface area contributed by atoms with Crippen LogP contribution in [0, 0.1) is 18.8 Å². The first-order valence-electron chi connectivity index (χ1n) is 7.22. The van der Waals surface area contributed by atoms with Gasteiger partial charge in [-0.25, -0.2) is 4.98 Å². The molecule has 0 aliphatic heterocycles. The highest BCUT2D eigenvalue weighted by Crippen LogP contribution is 2.53. The second-order valence-corrected chi connectivity index (χ2v) is 6.41. The Morgan fingerprint density at radius 3 is 2.73 bits per heavy atom. The average Bonchev–Trinajstić information content (AvgIpc) is 3.18. The summed E-state index contributed by atoms with van der Waals surface area (Å²) in [7, 11) is 1.65. The van der Waals surface area contributed by atoms with E-state index in [1.165, 1.54) is 0 Å². The molecule has 0 aromatic carbocycles. The summed E-state index contributed by atoms with van der Waals surface area (Å²) in [6, 6.07) is 3.99. The molecule has 6 heteroatoms. The van der Waals surface area contributed by atoms with Crippen molar-refractivity contribution in [2.75, 3.05) is 13.7 Å². The largest absolute Gasteiger partial charge is 0.495 e. The fourth-order valence-electron chi connectivity index (χ4n) is 2.71. The van der Waals surface area contributed by atoms with E-state index in [1.807, 2.05) is 19.1 Å². The maximum Gasteiger partial charge on any atom is 0.231 e. The molecule has 0 radical (unpaired) electrons. The van der Waals surface area contributed by atoms with Gasteiger partial charge in [-0.2, -0.15) is 4.98 Å². The molecule has 1 saturated carbocycles. The lowest BCUT2D eigenvalue weighted by molar-refractivity contribution is 0.277. The lowest BCUT2D eigenvalue weighted by atomic mass is 10.2. The van der Waals surface area contributed by atoms with Crippen LogP contribution in [0.2, 0.25) is 0 Å². The van der Waals surface area contributed by atoms with Gasteiger partial charge in [-0.3, -0.25) is 4.98 Å². The highest BCUT2D eigenvalue weighted by Gasteiger charge is 2.49. The van der Waals surface area contributed by atoms with Crippen LogP contribution in [-0.4, -0.2) is 28.7 Å². The molecule has 2 aromatic rings. The van der Waals surface area contributed by atoms with Crippen molar-refractivity contribution >= 4 is 15.9 Å². The average molecular weight is 364 g/mol. The second-order valence-electron chi connectivity index (χ2n) is 5.55. The zero-order valence-corrected chi connectivity index (χ0v) is 14.4. The molecule has 2 aromatic heterocycles. The van der Waals surface area contributed by atoms with E-state index in [9.17, 15) is 0 Å². The standard InChI is InChI=1S/C16H18BrN3O2/c1-9-12(8-22-16-13(17)7-18-10(2)20-16)15(9)14-5-4-11(21-3)6-19-14/h4-7,9,12,15H,8H2,1-3H3. The second kappa shape index (κ2) is 6.20. The minimum Gasteiger partial charge on any atom is -0.495 e. The van der Waals surface area contributed by atoms with E-state index in [0.29, 0.717) is 36.1 Å². The lowest BCUT2D eigenvalue weighted by Gasteiger charge is -2.07. The number of pyridine rings is 1. The summed E-state index contributed by atoms with van der Waals surface area (Å²) in [5.74, 6) is 3.55. The van der Waals surface area contributed by atoms with Crippen molar-refractivity contribution in [3.8, 4) is 11.6 Å². The van der Waals surface area contributed by atoms with Crippen LogP contribution in [0.15, 0.2) is 29.0 Å². The quantitative estimate of drug-likeness (QED) is 0.814. The van der Waals surface area contributed by atoms with Gasteiger partial charge < -0.3 is 9.47 Å². The van der Waals surface area contributed by atoms with Gasteiger partial charge in [0.25, 0.3) is 0 Å². The highest BCUT2D eigenvalue weighted by molar-refractivity contribution is 9.10. The van der Waals surface area contributed by atoms with Crippen LogP contribution >= 0.6 is 15.9 Å². The molecule has 5 nitrogen and oxygen atoms in total. The molecule has 3 atom stereocenters. The summed E-state index contributed by atoms with van der Waals surface area (Å²) in [5, 5.41) is 0. The van der Waals surface area contributed by atoms with Crippen molar-refractivity contribution in [3.63, 3.8) is 0 Å². The van der Waals surface area contributed by atoms with E-state index in [1.54, 1.807) is 19.5 Å². The summed E-state index contributed by atoms with van der Waals surface area (Å²) in [4.78, 5) is 12.9. The van der Waals surface area contributed by atoms with Crippen molar-refractivity contribution < 1.29 is 9.47 Å². The maximum absolute atomic E-state index is 5.86. The molecular formula is C16H18BrN3O2. The van der Waals surface area contributed by atoms with E-state index in [-0.39, 0.29) is 0 Å². The first-order valence-corrected chi connectivity index (χ1v) is 8.01. The van der Waals surface area contributed by atoms with Gasteiger partial charge in [-0.05, 0) is 40.9 Å². The van der Waals surface area contributed by atoms with E-state index in [0.717, 1.165) is 15.9 Å². The molecule has 3 unspecified atom stereocenters. The zero-order valence-electron chi connectivity index (χ0n) is 12.8. The third-order valence-corrected chi connectivity index (χ3v) is 4.69. The van der Waals surface area contributed by atoms with Crippen LogP contribution in [0.3, 0.4) is 0 Å². The van der Waals surface area contributed by atoms with Crippen molar-refractivity contribution in [1.82, 2.24) is 15.0 Å². The summed E-state index contributed by atoms with van der Waals surface area (Å²) >= 11 is 3.42. The Morgan fingerprint density at radius 1 is 1.23 bits per heavy atom. The number of nitrogens with zero attached hydrogens (tertiary/aromatic N) is 3. The Morgan fingerprint density at radius 2 is 2.05 bits per heavy atom. The first kappa shape index (κ1) is 15.2. The Bertz CT molecular complexity index is 663. The van der Waals surface area contributed by atoms with Gasteiger partial charge >= 0.3 is 0 Å². The number of ether oxygens (including phenoxy) is 2. The normalized spacial score (nSPS) is 23.2. The molecule has 0 amide bonds. The topological polar surface area (TPSA) is 57.1 Å². The van der Waals surface area contributed by atoms with Crippen LogP contribution in [0.25, 0.3) is 0 Å². The van der Waals surface area contributed by atoms with Crippen LogP contribution in [0.4, 0.5) is 0 Å². The van der Waals surface area contributed by atoms with Gasteiger partial charge in [-0.1, -0.05) is 6.92 Å². The molecule has 0 spiro atoms. The molecule has 1 fully saturated rings. The number of halogens is 1. The third kappa shape index (κ3) is 3.06. The van der Waals surface area contributed by atoms with Gasteiger partial charge in [0.2, 0.25) is 5.88 Å². The molecule has 0 N–H and O–H groups in total. The number of aromatic nitrogens is 3. The summed E-state index contributed by atoms with van der Waals surface area (Å²) in [6.07, 6.45) is 3.49. The van der Waals surface area contributed by atoms with Crippen molar-refractivity contribution in [2.45, 2.75) is 19.8 Å². The van der Waals surface area contributed by atoms with Gasteiger partial charge in [0.1, 0.15) is 11.6 Å². The molecule has 1 aliphatic carbocycles. The molecular weight excluding hydrogens is 346 g/mol. The van der Waals surface area contributed by atoms with E-state index < -0.39 is 0 Å². The molecule has 0 saturated heterocycles. The van der Waals surface area contributed by atoms with E-state index >= 15 is 0 Å². The third-order valence-electron chi connectivity index (χ3n) is 4.14. The minimum absolute atomic E-state index is 0.438. The van der Waals surface area contributed by atoms with Crippen LogP contribution in [-0.2, 0) is 0 Å². The monoisotopic (exact) mass is 363 g/mol. The van der Waals surface area contributed by atoms with Crippen LogP contribution in [0.1, 0.15) is 24.4 Å². The number of rotatable bonds is 5. The van der Waals surface area contributed by atoms with Gasteiger partial charge in [-0.15, -0.1) is 0 Å². The van der Waals surface area contributed by atoms with Gasteiger partial charge in [0.05, 0.1) is 24.4 Å². The minimum atomic E-state index is 0.438. The van der Waals surface area contributed by atoms with Crippen molar-refractivity contribution in [2.24, 2.45) is 11.8 Å². The van der Waals surface area contributed by atoms with Crippen LogP contribution < -0.4 is 9.47 Å². The molecule has 1 aliphatic rings. The molecule has 3 rings (SSSR count). The lowest BCUT2D eigenvalue weighted by Crippen LogP contribution is -2.05. The highest BCUT2D eigenvalue weighted by atomic mass is 79.9. The predicted octanol–water partition coefficient (Wildman–Crippen LogP) is 3.38. The zero-order chi connectivity index (χ0) is 15.7. The molecule has 116 valence electrons. The molecule has 0 bridgehead atoms. The van der Waals surface area contributed by atoms with Gasteiger partial charge in [0, 0.05) is 23.7 Å². The SMILES string of the molecule is COc1ccc(C2C(C)C2COc2nc(C)ncc2Br)nc1. The fourth-order valence-corrected chi connectivity index (χ4v) is 3.02.